The van der Waals surface area contributed by atoms with Gasteiger partial charge in [-0.2, -0.15) is 0 Å². The minimum atomic E-state index is -1.05. The molecule has 1 fully saturated rings. The zero-order chi connectivity index (χ0) is 22.1. The molecule has 4 atom stereocenters. The number of aliphatic hydroxyl groups excluding tert-OH is 2. The van der Waals surface area contributed by atoms with Gasteiger partial charge in [0.25, 0.3) is 0 Å². The number of nitrogens with one attached hydrogen (secondary N) is 1. The van der Waals surface area contributed by atoms with Crippen LogP contribution in [-0.4, -0.2) is 45.3 Å². The molecule has 0 spiro atoms. The summed E-state index contributed by atoms with van der Waals surface area (Å²) in [7, 11) is 0. The van der Waals surface area contributed by atoms with Gasteiger partial charge in [-0.3, -0.25) is 9.59 Å². The fraction of sp³-hybridized carbons (Fsp3) is 0.773. The number of amides is 2. The van der Waals surface area contributed by atoms with Gasteiger partial charge >= 0.3 is 0 Å². The van der Waals surface area contributed by atoms with E-state index in [4.69, 9.17) is 5.73 Å². The molecule has 0 aliphatic heterocycles. The molecule has 0 radical (unpaired) electrons. The molecule has 0 unspecified atom stereocenters. The topological polar surface area (TPSA) is 126 Å². The zero-order valence-corrected chi connectivity index (χ0v) is 18.9. The van der Waals surface area contributed by atoms with Crippen molar-refractivity contribution >= 4 is 23.2 Å². The molecule has 7 nitrogen and oxygen atoms in total. The summed E-state index contributed by atoms with van der Waals surface area (Å²) >= 11 is 1.43. The Bertz CT molecular complexity index is 647. The minimum Gasteiger partial charge on any atom is -0.390 e. The van der Waals surface area contributed by atoms with Gasteiger partial charge in [0, 0.05) is 24.4 Å². The summed E-state index contributed by atoms with van der Waals surface area (Å²) in [6.07, 6.45) is 6.72. The third-order valence-corrected chi connectivity index (χ3v) is 6.68. The molecule has 170 valence electrons. The largest absolute Gasteiger partial charge is 0.390 e. The van der Waals surface area contributed by atoms with Crippen molar-refractivity contribution in [3.63, 3.8) is 0 Å². The summed E-state index contributed by atoms with van der Waals surface area (Å²) in [4.78, 5) is 28.8. The number of thiazole rings is 1. The predicted octanol–water partition coefficient (Wildman–Crippen LogP) is 2.40. The fourth-order valence-electron chi connectivity index (χ4n) is 4.32. The van der Waals surface area contributed by atoms with Crippen molar-refractivity contribution in [3.8, 4) is 0 Å². The van der Waals surface area contributed by atoms with Gasteiger partial charge < -0.3 is 21.3 Å². The first-order valence-corrected chi connectivity index (χ1v) is 12.0. The molecule has 2 amide bonds. The van der Waals surface area contributed by atoms with Crippen LogP contribution in [0.2, 0.25) is 0 Å². The molecule has 8 heteroatoms. The van der Waals surface area contributed by atoms with E-state index >= 15 is 0 Å². The van der Waals surface area contributed by atoms with Crippen LogP contribution in [-0.2, 0) is 16.0 Å². The third-order valence-electron chi connectivity index (χ3n) is 5.88. The maximum Gasteiger partial charge on any atom is 0.224 e. The van der Waals surface area contributed by atoms with Gasteiger partial charge in [-0.25, -0.2) is 4.98 Å². The van der Waals surface area contributed by atoms with Crippen LogP contribution in [0.1, 0.15) is 70.2 Å². The van der Waals surface area contributed by atoms with Crippen molar-refractivity contribution < 1.29 is 19.8 Å². The minimum absolute atomic E-state index is 0.0772. The molecule has 2 rings (SSSR count). The number of aliphatic hydroxyl groups is 2. The number of aromatic nitrogens is 1. The highest BCUT2D eigenvalue weighted by atomic mass is 32.1. The Balaban J connectivity index is 2.11. The van der Waals surface area contributed by atoms with Crippen molar-refractivity contribution in [2.24, 2.45) is 23.5 Å². The van der Waals surface area contributed by atoms with E-state index in [0.29, 0.717) is 25.2 Å². The second-order valence-corrected chi connectivity index (χ2v) is 10.0. The highest BCUT2D eigenvalue weighted by Crippen LogP contribution is 2.29. The Labute approximate surface area is 183 Å². The summed E-state index contributed by atoms with van der Waals surface area (Å²) in [6, 6.07) is -0.555. The second kappa shape index (κ2) is 12.4. The Morgan fingerprint density at radius 1 is 1.27 bits per heavy atom. The lowest BCUT2D eigenvalue weighted by molar-refractivity contribution is -0.131. The molecule has 1 aliphatic rings. The quantitative estimate of drug-likeness (QED) is 0.398. The lowest BCUT2D eigenvalue weighted by Gasteiger charge is -2.33. The fourth-order valence-corrected chi connectivity index (χ4v) is 5.02. The maximum atomic E-state index is 13.1. The number of nitrogens with zero attached hydrogens (tertiary/aromatic N) is 1. The molecule has 0 aromatic carbocycles. The van der Waals surface area contributed by atoms with Crippen molar-refractivity contribution in [3.05, 3.63) is 16.6 Å². The smallest absolute Gasteiger partial charge is 0.224 e. The molecular weight excluding hydrogens is 402 g/mol. The van der Waals surface area contributed by atoms with Crippen LogP contribution >= 0.6 is 11.3 Å². The number of nitrogens with two attached hydrogens (primary N) is 1. The van der Waals surface area contributed by atoms with E-state index in [9.17, 15) is 19.8 Å². The summed E-state index contributed by atoms with van der Waals surface area (Å²) in [5.41, 5.74) is 5.38. The predicted molar refractivity (Wildman–Crippen MR) is 118 cm³/mol. The van der Waals surface area contributed by atoms with Crippen molar-refractivity contribution in [1.82, 2.24) is 10.3 Å². The van der Waals surface area contributed by atoms with Gasteiger partial charge in [0.15, 0.2) is 0 Å². The van der Waals surface area contributed by atoms with Gasteiger partial charge in [-0.1, -0.05) is 46.0 Å². The van der Waals surface area contributed by atoms with Crippen LogP contribution in [0, 0.1) is 17.8 Å². The number of hydrogen-bond donors (Lipinski definition) is 4. The highest BCUT2D eigenvalue weighted by Gasteiger charge is 2.33. The number of primary amides is 1. The first kappa shape index (κ1) is 24.8. The van der Waals surface area contributed by atoms with Crippen LogP contribution < -0.4 is 11.1 Å². The molecule has 5 N–H and O–H groups in total. The van der Waals surface area contributed by atoms with Gasteiger partial charge in [0.2, 0.25) is 11.8 Å². The monoisotopic (exact) mass is 439 g/mol. The molecule has 0 saturated heterocycles. The number of carbonyl (C=O) groups excluding carboxylic acids is 2. The molecule has 1 heterocycles. The Morgan fingerprint density at radius 3 is 2.53 bits per heavy atom. The first-order valence-electron chi connectivity index (χ1n) is 11.1. The van der Waals surface area contributed by atoms with Crippen LogP contribution in [0.15, 0.2) is 11.6 Å². The van der Waals surface area contributed by atoms with E-state index < -0.39 is 30.1 Å². The first-order chi connectivity index (χ1) is 14.3. The lowest BCUT2D eigenvalue weighted by atomic mass is 9.82. The van der Waals surface area contributed by atoms with Crippen molar-refractivity contribution in [2.75, 3.05) is 0 Å². The van der Waals surface area contributed by atoms with Crippen LogP contribution in [0.3, 0.4) is 0 Å². The normalized spacial score (nSPS) is 19.2. The molecule has 0 bridgehead atoms. The molecule has 1 aromatic rings. The van der Waals surface area contributed by atoms with Crippen LogP contribution in [0.25, 0.3) is 0 Å². The average molecular weight is 440 g/mol. The van der Waals surface area contributed by atoms with E-state index in [1.807, 2.05) is 19.2 Å². The zero-order valence-electron chi connectivity index (χ0n) is 18.1. The van der Waals surface area contributed by atoms with E-state index in [2.05, 4.69) is 10.3 Å². The summed E-state index contributed by atoms with van der Waals surface area (Å²) in [5.74, 6) is -0.861. The Morgan fingerprint density at radius 2 is 1.97 bits per heavy atom. The van der Waals surface area contributed by atoms with Gasteiger partial charge in [-0.15, -0.1) is 11.3 Å². The summed E-state index contributed by atoms with van der Waals surface area (Å²) in [6.45, 7) is 3.98. The number of carbonyl (C=O) groups is 2. The van der Waals surface area contributed by atoms with Crippen molar-refractivity contribution in [2.45, 2.75) is 89.9 Å². The Hall–Kier alpha value is -1.51. The van der Waals surface area contributed by atoms with Gasteiger partial charge in [0.1, 0.15) is 6.10 Å². The van der Waals surface area contributed by atoms with Gasteiger partial charge in [0.05, 0.1) is 23.1 Å². The summed E-state index contributed by atoms with van der Waals surface area (Å²) in [5, 5.41) is 26.9. The standard InChI is InChI=1S/C22H37N3O4S/c1-14(2)10-18(26)21(28)17(11-15-6-4-3-5-7-15)25-22(29)16(12-19(23)27)13-20-24-8-9-30-20/h8-9,14-18,21,26,28H,3-7,10-13H2,1-2H3,(H2,23,27)(H,25,29)/t16-,17-,18-,21+/m0/s1. The lowest BCUT2D eigenvalue weighted by Crippen LogP contribution is -2.51. The van der Waals surface area contributed by atoms with Crippen LogP contribution in [0.4, 0.5) is 0 Å². The van der Waals surface area contributed by atoms with E-state index in [1.54, 1.807) is 6.20 Å². The molecule has 1 aromatic heterocycles. The second-order valence-electron chi connectivity index (χ2n) is 9.04. The number of rotatable bonds is 12. The summed E-state index contributed by atoms with van der Waals surface area (Å²) < 4.78 is 0. The average Bonchev–Trinajstić information content (AvgIpc) is 3.19. The molecule has 1 saturated carbocycles. The van der Waals surface area contributed by atoms with Crippen LogP contribution in [0.5, 0.6) is 0 Å². The van der Waals surface area contributed by atoms with E-state index in [1.165, 1.54) is 17.8 Å². The molecule has 30 heavy (non-hydrogen) atoms. The van der Waals surface area contributed by atoms with Gasteiger partial charge in [-0.05, 0) is 24.7 Å². The Kier molecular flexibility index (Phi) is 10.2. The molecular formula is C22H37N3O4S. The third kappa shape index (κ3) is 8.32. The molecule has 1 aliphatic carbocycles. The van der Waals surface area contributed by atoms with E-state index in [-0.39, 0.29) is 18.2 Å². The van der Waals surface area contributed by atoms with Crippen molar-refractivity contribution in [1.29, 1.82) is 0 Å². The highest BCUT2D eigenvalue weighted by molar-refractivity contribution is 7.09. The SMILES string of the molecule is CC(C)C[C@H](O)[C@H](O)[C@H](CC1CCCCC1)NC(=O)[C@@H](CC(N)=O)Cc1nccs1. The number of hydrogen-bond acceptors (Lipinski definition) is 6. The van der Waals surface area contributed by atoms with E-state index in [0.717, 1.165) is 30.7 Å². The maximum absolute atomic E-state index is 13.1.